The van der Waals surface area contributed by atoms with Crippen molar-refractivity contribution in [3.63, 3.8) is 0 Å². The minimum atomic E-state index is -3.56. The van der Waals surface area contributed by atoms with Gasteiger partial charge in [-0.15, -0.1) is 0 Å². The molecule has 0 bridgehead atoms. The number of hydrogen-bond acceptors (Lipinski definition) is 7. The largest absolute Gasteiger partial charge is 0.454 e. The molecule has 0 saturated carbocycles. The quantitative estimate of drug-likeness (QED) is 0.678. The Kier molecular flexibility index (Phi) is 5.84. The lowest BCUT2D eigenvalue weighted by molar-refractivity contribution is -0.123. The van der Waals surface area contributed by atoms with Crippen molar-refractivity contribution in [3.8, 4) is 11.5 Å². The molecule has 10 heteroatoms. The number of amides is 1. The number of nitrogens with zero attached hydrogens (tertiary/aromatic N) is 1. The average molecular weight is 446 g/mol. The van der Waals surface area contributed by atoms with Crippen LogP contribution in [-0.2, 0) is 19.6 Å². The van der Waals surface area contributed by atoms with Crippen molar-refractivity contribution in [1.82, 2.24) is 4.31 Å². The number of fused-ring (bicyclic) bond motifs is 1. The van der Waals surface area contributed by atoms with Gasteiger partial charge in [-0.1, -0.05) is 0 Å². The summed E-state index contributed by atoms with van der Waals surface area (Å²) in [5.41, 5.74) is 0.636. The van der Waals surface area contributed by atoms with Crippen LogP contribution >= 0.6 is 0 Å². The highest BCUT2D eigenvalue weighted by Crippen LogP contribution is 2.34. The number of ether oxygens (including phenoxy) is 3. The molecule has 1 amide bonds. The summed E-state index contributed by atoms with van der Waals surface area (Å²) < 4.78 is 42.3. The molecule has 0 aliphatic carbocycles. The molecule has 0 spiro atoms. The third-order valence-electron chi connectivity index (χ3n) is 5.09. The Hall–Kier alpha value is -3.11. The molecule has 2 heterocycles. The predicted molar refractivity (Wildman–Crippen MR) is 111 cm³/mol. The molecule has 1 atom stereocenters. The van der Waals surface area contributed by atoms with Crippen molar-refractivity contribution in [3.05, 3.63) is 48.0 Å². The molecule has 4 rings (SSSR count). The van der Waals surface area contributed by atoms with Crippen LogP contribution in [0.5, 0.6) is 11.5 Å². The molecule has 164 valence electrons. The first-order valence-electron chi connectivity index (χ1n) is 9.86. The Morgan fingerprint density at radius 3 is 2.42 bits per heavy atom. The fraction of sp³-hybridized carbons (Fsp3) is 0.333. The number of nitrogens with one attached hydrogen (secondary N) is 1. The molecular formula is C21H22N2O7S. The van der Waals surface area contributed by atoms with Crippen molar-refractivity contribution < 1.29 is 32.2 Å². The monoisotopic (exact) mass is 446 g/mol. The number of sulfonamides is 1. The van der Waals surface area contributed by atoms with Gasteiger partial charge in [0.05, 0.1) is 10.5 Å². The van der Waals surface area contributed by atoms with E-state index in [1.807, 2.05) is 0 Å². The molecule has 31 heavy (non-hydrogen) atoms. The first kappa shape index (κ1) is 21.1. The fourth-order valence-electron chi connectivity index (χ4n) is 3.34. The van der Waals surface area contributed by atoms with Crippen LogP contribution in [0.1, 0.15) is 30.1 Å². The number of carbonyl (C=O) groups excluding carboxylic acids is 2. The van der Waals surface area contributed by atoms with E-state index in [1.54, 1.807) is 18.2 Å². The summed E-state index contributed by atoms with van der Waals surface area (Å²) in [5, 5.41) is 2.65. The van der Waals surface area contributed by atoms with Crippen LogP contribution < -0.4 is 14.8 Å². The van der Waals surface area contributed by atoms with Crippen LogP contribution in [-0.4, -0.2) is 50.6 Å². The molecule has 0 aromatic heterocycles. The van der Waals surface area contributed by atoms with Gasteiger partial charge < -0.3 is 19.5 Å². The van der Waals surface area contributed by atoms with E-state index in [2.05, 4.69) is 5.32 Å². The van der Waals surface area contributed by atoms with E-state index in [0.717, 1.165) is 12.8 Å². The summed E-state index contributed by atoms with van der Waals surface area (Å²) >= 11 is 0. The fourth-order valence-corrected chi connectivity index (χ4v) is 4.86. The van der Waals surface area contributed by atoms with E-state index in [0.29, 0.717) is 30.3 Å². The van der Waals surface area contributed by atoms with Crippen LogP contribution in [0.25, 0.3) is 0 Å². The second kappa shape index (κ2) is 8.56. The van der Waals surface area contributed by atoms with Crippen molar-refractivity contribution >= 4 is 27.6 Å². The summed E-state index contributed by atoms with van der Waals surface area (Å²) in [6.45, 7) is 2.58. The number of esters is 1. The molecule has 1 fully saturated rings. The minimum Gasteiger partial charge on any atom is -0.454 e. The maximum absolute atomic E-state index is 12.6. The van der Waals surface area contributed by atoms with Crippen molar-refractivity contribution in [2.75, 3.05) is 25.2 Å². The molecule has 2 aromatic carbocycles. The number of rotatable bonds is 6. The summed E-state index contributed by atoms with van der Waals surface area (Å²) in [4.78, 5) is 24.9. The number of carbonyl (C=O) groups is 2. The van der Waals surface area contributed by atoms with Gasteiger partial charge in [-0.2, -0.15) is 4.31 Å². The van der Waals surface area contributed by atoms with Crippen LogP contribution in [0.2, 0.25) is 0 Å². The van der Waals surface area contributed by atoms with Gasteiger partial charge in [0, 0.05) is 24.8 Å². The van der Waals surface area contributed by atoms with Gasteiger partial charge >= 0.3 is 5.97 Å². The second-order valence-electron chi connectivity index (χ2n) is 7.24. The zero-order valence-corrected chi connectivity index (χ0v) is 17.7. The first-order valence-corrected chi connectivity index (χ1v) is 11.3. The van der Waals surface area contributed by atoms with Gasteiger partial charge in [0.1, 0.15) is 0 Å². The van der Waals surface area contributed by atoms with Gasteiger partial charge in [-0.3, -0.25) is 4.79 Å². The molecule has 1 N–H and O–H groups in total. The zero-order valence-electron chi connectivity index (χ0n) is 16.9. The Bertz CT molecular complexity index is 1090. The standard InChI is InChI=1S/C21H22N2O7S/c1-14(20(24)22-16-6-9-18-19(12-16)29-13-28-18)30-21(25)15-4-7-17(8-5-15)31(26,27)23-10-2-3-11-23/h4-9,12,14H,2-3,10-11,13H2,1H3,(H,22,24). The zero-order chi connectivity index (χ0) is 22.0. The second-order valence-corrected chi connectivity index (χ2v) is 9.18. The molecule has 1 saturated heterocycles. The summed E-state index contributed by atoms with van der Waals surface area (Å²) in [6.07, 6.45) is 0.622. The summed E-state index contributed by atoms with van der Waals surface area (Å²) in [5.74, 6) is -0.127. The van der Waals surface area contributed by atoms with E-state index in [1.165, 1.54) is 35.5 Å². The van der Waals surface area contributed by atoms with Gasteiger partial charge in [-0.05, 0) is 56.2 Å². The van der Waals surface area contributed by atoms with Crippen molar-refractivity contribution in [2.24, 2.45) is 0 Å². The normalized spacial score (nSPS) is 16.7. The third-order valence-corrected chi connectivity index (χ3v) is 7.00. The van der Waals surface area contributed by atoms with E-state index >= 15 is 0 Å². The lowest BCUT2D eigenvalue weighted by atomic mass is 10.2. The van der Waals surface area contributed by atoms with E-state index in [4.69, 9.17) is 14.2 Å². The van der Waals surface area contributed by atoms with Crippen LogP contribution in [0, 0.1) is 0 Å². The highest BCUT2D eigenvalue weighted by Gasteiger charge is 2.27. The molecule has 2 aromatic rings. The summed E-state index contributed by atoms with van der Waals surface area (Å²) in [6, 6.07) is 10.5. The molecule has 1 unspecified atom stereocenters. The van der Waals surface area contributed by atoms with Gasteiger partial charge in [0.15, 0.2) is 17.6 Å². The smallest absolute Gasteiger partial charge is 0.338 e. The highest BCUT2D eigenvalue weighted by molar-refractivity contribution is 7.89. The van der Waals surface area contributed by atoms with Gasteiger partial charge in [0.2, 0.25) is 16.8 Å². The van der Waals surface area contributed by atoms with Crippen molar-refractivity contribution in [2.45, 2.75) is 30.8 Å². The molecular weight excluding hydrogens is 424 g/mol. The average Bonchev–Trinajstić information content (AvgIpc) is 3.45. The van der Waals surface area contributed by atoms with Crippen LogP contribution in [0.3, 0.4) is 0 Å². The maximum atomic E-state index is 12.6. The van der Waals surface area contributed by atoms with Crippen molar-refractivity contribution in [1.29, 1.82) is 0 Å². The third kappa shape index (κ3) is 4.49. The minimum absolute atomic E-state index is 0.124. The van der Waals surface area contributed by atoms with E-state index < -0.39 is 28.0 Å². The van der Waals surface area contributed by atoms with Crippen LogP contribution in [0.4, 0.5) is 5.69 Å². The predicted octanol–water partition coefficient (Wildman–Crippen LogP) is 2.38. The summed E-state index contributed by atoms with van der Waals surface area (Å²) in [7, 11) is -3.56. The Balaban J connectivity index is 1.36. The lowest BCUT2D eigenvalue weighted by Crippen LogP contribution is -2.30. The lowest BCUT2D eigenvalue weighted by Gasteiger charge is -2.16. The molecule has 2 aliphatic rings. The topological polar surface area (TPSA) is 111 Å². The Morgan fingerprint density at radius 2 is 1.71 bits per heavy atom. The van der Waals surface area contributed by atoms with Crippen LogP contribution in [0.15, 0.2) is 47.4 Å². The first-order chi connectivity index (χ1) is 14.8. The molecule has 9 nitrogen and oxygen atoms in total. The van der Waals surface area contributed by atoms with Gasteiger partial charge in [-0.25, -0.2) is 13.2 Å². The SMILES string of the molecule is CC(OC(=O)c1ccc(S(=O)(=O)N2CCCC2)cc1)C(=O)Nc1ccc2c(c1)OCO2. The van der Waals surface area contributed by atoms with Gasteiger partial charge in [0.25, 0.3) is 5.91 Å². The number of benzene rings is 2. The van der Waals surface area contributed by atoms with E-state index in [-0.39, 0.29) is 17.3 Å². The Labute approximate surface area is 179 Å². The molecule has 0 radical (unpaired) electrons. The molecule has 2 aliphatic heterocycles. The number of hydrogen-bond donors (Lipinski definition) is 1. The maximum Gasteiger partial charge on any atom is 0.338 e. The highest BCUT2D eigenvalue weighted by atomic mass is 32.2. The Morgan fingerprint density at radius 1 is 1.03 bits per heavy atom. The number of anilines is 1. The van der Waals surface area contributed by atoms with E-state index in [9.17, 15) is 18.0 Å².